The van der Waals surface area contributed by atoms with Gasteiger partial charge in [0, 0.05) is 11.1 Å². The van der Waals surface area contributed by atoms with Crippen molar-refractivity contribution in [2.45, 2.75) is 13.0 Å². The Morgan fingerprint density at radius 3 is 2.17 bits per heavy atom. The van der Waals surface area contributed by atoms with Crippen molar-refractivity contribution in [1.29, 1.82) is 0 Å². The maximum absolute atomic E-state index is 13.8. The Bertz CT molecular complexity index is 1360. The number of esters is 1. The number of carbonyl (C=O) groups is 2. The highest BCUT2D eigenvalue weighted by atomic mass is 35.5. The van der Waals surface area contributed by atoms with E-state index in [9.17, 15) is 31.5 Å². The zero-order valence-electron chi connectivity index (χ0n) is 17.5. The normalized spacial score (nSPS) is 14.5. The predicted molar refractivity (Wildman–Crippen MR) is 113 cm³/mol. The van der Waals surface area contributed by atoms with E-state index < -0.39 is 52.7 Å². The third kappa shape index (κ3) is 4.69. The van der Waals surface area contributed by atoms with Crippen molar-refractivity contribution in [1.82, 2.24) is 0 Å². The predicted octanol–water partition coefficient (Wildman–Crippen LogP) is 6.02. The molecule has 0 N–H and O–H groups in total. The van der Waals surface area contributed by atoms with Crippen LogP contribution in [0.3, 0.4) is 0 Å². The van der Waals surface area contributed by atoms with E-state index >= 15 is 0 Å². The van der Waals surface area contributed by atoms with Gasteiger partial charge >= 0.3 is 5.97 Å². The first-order chi connectivity index (χ1) is 16.6. The summed E-state index contributed by atoms with van der Waals surface area (Å²) in [5.74, 6) is -14.6. The summed E-state index contributed by atoms with van der Waals surface area (Å²) < 4.78 is 82.7. The van der Waals surface area contributed by atoms with Crippen LogP contribution in [0.25, 0.3) is 6.08 Å². The van der Waals surface area contributed by atoms with E-state index in [1.165, 1.54) is 24.3 Å². The molecular weight excluding hydrogens is 499 g/mol. The van der Waals surface area contributed by atoms with Crippen LogP contribution >= 0.6 is 11.6 Å². The molecule has 3 aromatic rings. The average molecular weight is 511 g/mol. The van der Waals surface area contributed by atoms with Crippen LogP contribution in [0, 0.1) is 29.1 Å². The molecule has 0 aliphatic carbocycles. The summed E-state index contributed by atoms with van der Waals surface area (Å²) in [5.41, 5.74) is 0.840. The molecule has 0 aromatic heterocycles. The lowest BCUT2D eigenvalue weighted by molar-refractivity contribution is -0.141. The van der Waals surface area contributed by atoms with Crippen molar-refractivity contribution in [2.24, 2.45) is 0 Å². The molecule has 1 aliphatic heterocycles. The number of Topliss-reactive ketones (excluding diaryl/α,β-unsaturated/α-hetero) is 1. The lowest BCUT2D eigenvalue weighted by atomic mass is 10.1. The number of benzene rings is 3. The molecule has 0 saturated carbocycles. The molecule has 0 radical (unpaired) electrons. The van der Waals surface area contributed by atoms with Gasteiger partial charge in [-0.05, 0) is 42.8 Å². The molecule has 1 heterocycles. The summed E-state index contributed by atoms with van der Waals surface area (Å²) in [4.78, 5) is 24.8. The second-order valence-electron chi connectivity index (χ2n) is 7.23. The number of allylic oxidation sites excluding steroid dienone is 1. The molecule has 11 heteroatoms. The molecule has 0 bridgehead atoms. The topological polar surface area (TPSA) is 61.8 Å². The van der Waals surface area contributed by atoms with E-state index in [0.717, 1.165) is 6.92 Å². The lowest BCUT2D eigenvalue weighted by Gasteiger charge is -2.15. The van der Waals surface area contributed by atoms with Crippen molar-refractivity contribution in [3.05, 3.63) is 93.5 Å². The van der Waals surface area contributed by atoms with Gasteiger partial charge in [-0.2, -0.15) is 8.78 Å². The zero-order chi connectivity index (χ0) is 25.4. The van der Waals surface area contributed by atoms with E-state index in [-0.39, 0.29) is 22.8 Å². The van der Waals surface area contributed by atoms with Gasteiger partial charge in [0.25, 0.3) is 0 Å². The standard InChI is InChI=1S/C24H12ClF5O5/c1-10(33-23-20(29)18(27)17(26)19(28)21(23)30)24(32)34-13-6-7-14-15(9-13)35-16(22(14)31)8-11-2-4-12(25)5-3-11/h2-10H,1H3/b16-8-. The average Bonchev–Trinajstić information content (AvgIpc) is 3.14. The highest BCUT2D eigenvalue weighted by molar-refractivity contribution is 6.30. The number of hydrogen-bond donors (Lipinski definition) is 0. The van der Waals surface area contributed by atoms with Crippen LogP contribution in [0.5, 0.6) is 17.2 Å². The molecule has 0 saturated heterocycles. The van der Waals surface area contributed by atoms with Gasteiger partial charge in [-0.15, -0.1) is 0 Å². The van der Waals surface area contributed by atoms with Crippen molar-refractivity contribution >= 4 is 29.4 Å². The minimum atomic E-state index is -2.36. The van der Waals surface area contributed by atoms with E-state index in [1.807, 2.05) is 0 Å². The number of hydrogen-bond acceptors (Lipinski definition) is 5. The summed E-state index contributed by atoms with van der Waals surface area (Å²) in [5, 5.41) is 0.513. The Hall–Kier alpha value is -3.92. The largest absolute Gasteiger partial charge is 0.473 e. The molecule has 5 nitrogen and oxygen atoms in total. The fourth-order valence-corrected chi connectivity index (χ4v) is 3.18. The summed E-state index contributed by atoms with van der Waals surface area (Å²) >= 11 is 5.84. The molecule has 4 rings (SSSR count). The summed E-state index contributed by atoms with van der Waals surface area (Å²) in [6, 6.07) is 10.4. The number of rotatable bonds is 5. The molecule has 1 aliphatic rings. The molecule has 3 aromatic carbocycles. The number of ether oxygens (including phenoxy) is 3. The van der Waals surface area contributed by atoms with E-state index in [0.29, 0.717) is 10.6 Å². The van der Waals surface area contributed by atoms with Crippen LogP contribution in [0.4, 0.5) is 22.0 Å². The SMILES string of the molecule is CC(Oc1c(F)c(F)c(F)c(F)c1F)C(=O)Oc1ccc2c(c1)O/C(=C\c1ccc(Cl)cc1)C2=O. The maximum Gasteiger partial charge on any atom is 0.352 e. The maximum atomic E-state index is 13.8. The Balaban J connectivity index is 1.49. The van der Waals surface area contributed by atoms with Crippen molar-refractivity contribution in [3.63, 3.8) is 0 Å². The van der Waals surface area contributed by atoms with Gasteiger partial charge in [-0.1, -0.05) is 23.7 Å². The molecule has 35 heavy (non-hydrogen) atoms. The first-order valence-electron chi connectivity index (χ1n) is 9.80. The highest BCUT2D eigenvalue weighted by Gasteiger charge is 2.31. The summed E-state index contributed by atoms with van der Waals surface area (Å²) in [7, 11) is 0. The Morgan fingerprint density at radius 1 is 0.943 bits per heavy atom. The first-order valence-corrected chi connectivity index (χ1v) is 10.2. The molecule has 1 atom stereocenters. The van der Waals surface area contributed by atoms with Gasteiger partial charge in [0.15, 0.2) is 17.6 Å². The molecule has 0 fully saturated rings. The molecule has 1 unspecified atom stereocenters. The third-order valence-electron chi connectivity index (χ3n) is 4.82. The summed E-state index contributed by atoms with van der Waals surface area (Å²) in [6.07, 6.45) is -0.274. The number of fused-ring (bicyclic) bond motifs is 1. The van der Waals surface area contributed by atoms with Crippen LogP contribution in [0.1, 0.15) is 22.8 Å². The summed E-state index contributed by atoms with van der Waals surface area (Å²) in [6.45, 7) is 0.987. The highest BCUT2D eigenvalue weighted by Crippen LogP contribution is 2.35. The second kappa shape index (κ2) is 9.38. The van der Waals surface area contributed by atoms with E-state index in [1.54, 1.807) is 24.3 Å². The van der Waals surface area contributed by atoms with Gasteiger partial charge in [0.2, 0.25) is 34.9 Å². The second-order valence-corrected chi connectivity index (χ2v) is 7.67. The molecule has 0 amide bonds. The lowest BCUT2D eigenvalue weighted by Crippen LogP contribution is -2.29. The van der Waals surface area contributed by atoms with Gasteiger partial charge in [-0.3, -0.25) is 4.79 Å². The van der Waals surface area contributed by atoms with E-state index in [4.69, 9.17) is 21.1 Å². The smallest absolute Gasteiger partial charge is 0.352 e. The van der Waals surface area contributed by atoms with Crippen molar-refractivity contribution in [2.75, 3.05) is 0 Å². The molecule has 180 valence electrons. The third-order valence-corrected chi connectivity index (χ3v) is 5.08. The van der Waals surface area contributed by atoms with Gasteiger partial charge in [0.1, 0.15) is 11.5 Å². The van der Waals surface area contributed by atoms with Crippen molar-refractivity contribution in [3.8, 4) is 17.2 Å². The van der Waals surface area contributed by atoms with Gasteiger partial charge in [0.05, 0.1) is 5.56 Å². The first kappa shape index (κ1) is 24.2. The quantitative estimate of drug-likeness (QED) is 0.105. The van der Waals surface area contributed by atoms with Crippen LogP contribution in [0.15, 0.2) is 48.2 Å². The number of carbonyl (C=O) groups excluding carboxylic acids is 2. The Labute approximate surface area is 199 Å². The van der Waals surface area contributed by atoms with Crippen LogP contribution in [-0.2, 0) is 4.79 Å². The number of ketones is 1. The Kier molecular flexibility index (Phi) is 6.49. The van der Waals surface area contributed by atoms with Crippen molar-refractivity contribution < 1.29 is 45.8 Å². The molecule has 0 spiro atoms. The fraction of sp³-hybridized carbons (Fsp3) is 0.0833. The molecular formula is C24H12ClF5O5. The van der Waals surface area contributed by atoms with E-state index in [2.05, 4.69) is 4.74 Å². The monoisotopic (exact) mass is 510 g/mol. The number of halogens is 6. The van der Waals surface area contributed by atoms with Crippen LogP contribution in [-0.4, -0.2) is 17.9 Å². The zero-order valence-corrected chi connectivity index (χ0v) is 18.3. The van der Waals surface area contributed by atoms with Crippen LogP contribution < -0.4 is 14.2 Å². The fourth-order valence-electron chi connectivity index (χ4n) is 3.05. The Morgan fingerprint density at radius 2 is 1.54 bits per heavy atom. The minimum absolute atomic E-state index is 0.00816. The minimum Gasteiger partial charge on any atom is -0.473 e. The van der Waals surface area contributed by atoms with Crippen LogP contribution in [0.2, 0.25) is 5.02 Å². The van der Waals surface area contributed by atoms with Gasteiger partial charge in [-0.25, -0.2) is 18.0 Å². The van der Waals surface area contributed by atoms with Gasteiger partial charge < -0.3 is 14.2 Å².